The van der Waals surface area contributed by atoms with Gasteiger partial charge in [-0.2, -0.15) is 0 Å². The Balaban J connectivity index is 1.69. The summed E-state index contributed by atoms with van der Waals surface area (Å²) in [4.78, 5) is 41.0. The van der Waals surface area contributed by atoms with E-state index in [9.17, 15) is 19.5 Å². The van der Waals surface area contributed by atoms with Crippen LogP contribution in [0.3, 0.4) is 0 Å². The minimum absolute atomic E-state index is 0.254. The number of hydrogen-bond acceptors (Lipinski definition) is 9. The molecule has 0 aliphatic carbocycles. The molecule has 0 radical (unpaired) electrons. The van der Waals surface area contributed by atoms with Gasteiger partial charge in [-0.05, 0) is 46.9 Å². The number of halogens is 1. The van der Waals surface area contributed by atoms with E-state index in [0.29, 0.717) is 0 Å². The molecule has 2 aromatic carbocycles. The Morgan fingerprint density at radius 2 is 1.50 bits per heavy atom. The molecule has 1 amide bonds. The number of hydrogen-bond donors (Lipinski definition) is 2. The lowest BCUT2D eigenvalue weighted by atomic mass is 10.1. The molecular formula is C22H19IN4O7. The number of carbonyl (C=O) groups is 3. The maximum Gasteiger partial charge on any atom is 0.338 e. The molecule has 4 rings (SSSR count). The second-order valence-electron chi connectivity index (χ2n) is 7.25. The van der Waals surface area contributed by atoms with Gasteiger partial charge in [0.1, 0.15) is 16.5 Å². The van der Waals surface area contributed by atoms with Crippen LogP contribution in [0.25, 0.3) is 0 Å². The number of carbonyl (C=O) groups excluding carboxylic acids is 3. The lowest BCUT2D eigenvalue weighted by Gasteiger charge is -2.24. The van der Waals surface area contributed by atoms with Crippen LogP contribution in [-0.2, 0) is 14.2 Å². The Bertz CT molecular complexity index is 1170. The van der Waals surface area contributed by atoms with E-state index in [0.717, 1.165) is 4.68 Å². The van der Waals surface area contributed by atoms with Gasteiger partial charge < -0.3 is 25.1 Å². The molecule has 5 atom stereocenters. The number of amides is 1. The van der Waals surface area contributed by atoms with Gasteiger partial charge >= 0.3 is 11.9 Å². The predicted molar refractivity (Wildman–Crippen MR) is 124 cm³/mol. The van der Waals surface area contributed by atoms with Gasteiger partial charge in [0.25, 0.3) is 5.91 Å². The van der Waals surface area contributed by atoms with E-state index in [1.807, 2.05) is 0 Å². The molecule has 12 heteroatoms. The first kappa shape index (κ1) is 23.8. The summed E-state index contributed by atoms with van der Waals surface area (Å²) in [5, 5.41) is 14.3. The van der Waals surface area contributed by atoms with Gasteiger partial charge in [-0.1, -0.05) is 36.4 Å². The molecule has 1 aliphatic rings. The second kappa shape index (κ2) is 10.3. The van der Waals surface area contributed by atoms with Crippen LogP contribution in [0.15, 0.2) is 67.0 Å². The summed E-state index contributed by atoms with van der Waals surface area (Å²) >= 11 is 1.70. The minimum Gasteiger partial charge on any atom is -0.452 e. The molecule has 1 saturated heterocycles. The zero-order chi connectivity index (χ0) is 24.2. The number of esters is 2. The summed E-state index contributed by atoms with van der Waals surface area (Å²) in [5.41, 5.74) is 5.75. The smallest absolute Gasteiger partial charge is 0.338 e. The number of rotatable bonds is 7. The van der Waals surface area contributed by atoms with Crippen LogP contribution in [0.2, 0.25) is 0 Å². The van der Waals surface area contributed by atoms with Gasteiger partial charge in [0.05, 0.1) is 11.1 Å². The number of nitrogens with two attached hydrogens (primary N) is 1. The third-order valence-corrected chi connectivity index (χ3v) is 5.70. The summed E-state index contributed by atoms with van der Waals surface area (Å²) < 4.78 is 17.3. The van der Waals surface area contributed by atoms with Crippen LogP contribution >= 0.6 is 22.6 Å². The molecule has 2 unspecified atom stereocenters. The standard InChI is InChI=1S/C22H19IN4O7/c23-17(28)15-14(33-21(30)12-7-3-1-4-8-12)16(34-22(31)13-9-5-2-6-10-13)20(32-15)27-11-25-19(26-27)18(24)29/h1-11,14-17,20,28H,(H2,24,29)/t14-,15+,16-,17?,20?/m1/s1. The van der Waals surface area contributed by atoms with Crippen molar-refractivity contribution in [3.8, 4) is 0 Å². The molecule has 176 valence electrons. The van der Waals surface area contributed by atoms with E-state index < -0.39 is 46.5 Å². The molecule has 1 fully saturated rings. The maximum atomic E-state index is 12.9. The zero-order valence-electron chi connectivity index (χ0n) is 17.4. The Hall–Kier alpha value is -3.36. The molecule has 0 saturated carbocycles. The highest BCUT2D eigenvalue weighted by atomic mass is 127. The Morgan fingerprint density at radius 3 is 1.97 bits per heavy atom. The number of alkyl halides is 1. The normalized spacial score (nSPS) is 22.6. The minimum atomic E-state index is -1.24. The number of benzene rings is 2. The highest BCUT2D eigenvalue weighted by Gasteiger charge is 2.53. The van der Waals surface area contributed by atoms with Crippen molar-refractivity contribution in [2.24, 2.45) is 5.73 Å². The van der Waals surface area contributed by atoms with E-state index in [1.165, 1.54) is 6.33 Å². The van der Waals surface area contributed by atoms with E-state index in [1.54, 1.807) is 83.3 Å². The summed E-state index contributed by atoms with van der Waals surface area (Å²) in [5.74, 6) is -2.56. The van der Waals surface area contributed by atoms with E-state index in [-0.39, 0.29) is 17.0 Å². The number of aromatic nitrogens is 3. The molecule has 34 heavy (non-hydrogen) atoms. The van der Waals surface area contributed by atoms with Gasteiger partial charge in [-0.25, -0.2) is 19.3 Å². The summed E-state index contributed by atoms with van der Waals surface area (Å²) in [7, 11) is 0. The van der Waals surface area contributed by atoms with Crippen molar-refractivity contribution in [1.82, 2.24) is 14.8 Å². The molecule has 11 nitrogen and oxygen atoms in total. The SMILES string of the molecule is NC(=O)c1ncn(C2O[C@H](C(O)I)[C@@H](OC(=O)c3ccccc3)[C@H]2OC(=O)c2ccccc2)n1. The van der Waals surface area contributed by atoms with Crippen LogP contribution in [0.5, 0.6) is 0 Å². The lowest BCUT2D eigenvalue weighted by molar-refractivity contribution is -0.0674. The monoisotopic (exact) mass is 578 g/mol. The molecule has 3 N–H and O–H groups in total. The topological polar surface area (TPSA) is 156 Å². The third kappa shape index (κ3) is 5.08. The van der Waals surface area contributed by atoms with Gasteiger partial charge in [0.15, 0.2) is 18.4 Å². The first-order chi connectivity index (χ1) is 16.3. The van der Waals surface area contributed by atoms with Gasteiger partial charge in [-0.15, -0.1) is 5.10 Å². The van der Waals surface area contributed by atoms with Crippen LogP contribution in [0.4, 0.5) is 0 Å². The molecular weight excluding hydrogens is 559 g/mol. The fraction of sp³-hybridized carbons (Fsp3) is 0.227. The van der Waals surface area contributed by atoms with Crippen molar-refractivity contribution >= 4 is 40.4 Å². The molecule has 2 heterocycles. The van der Waals surface area contributed by atoms with Crippen LogP contribution < -0.4 is 5.73 Å². The molecule has 1 aromatic heterocycles. The van der Waals surface area contributed by atoms with Crippen LogP contribution in [-0.4, -0.2) is 60.1 Å². The van der Waals surface area contributed by atoms with Crippen molar-refractivity contribution in [3.63, 3.8) is 0 Å². The molecule has 3 aromatic rings. The Kier molecular flexibility index (Phi) is 7.19. The number of ether oxygens (including phenoxy) is 3. The Labute approximate surface area is 207 Å². The van der Waals surface area contributed by atoms with Crippen molar-refractivity contribution in [3.05, 3.63) is 83.9 Å². The highest BCUT2D eigenvalue weighted by molar-refractivity contribution is 14.1. The van der Waals surface area contributed by atoms with Gasteiger partial charge in [0.2, 0.25) is 5.82 Å². The number of aliphatic hydroxyl groups is 1. The fourth-order valence-corrected chi connectivity index (χ4v) is 3.98. The van der Waals surface area contributed by atoms with Crippen molar-refractivity contribution in [2.45, 2.75) is 28.7 Å². The van der Waals surface area contributed by atoms with Crippen molar-refractivity contribution in [1.29, 1.82) is 0 Å². The van der Waals surface area contributed by atoms with E-state index >= 15 is 0 Å². The van der Waals surface area contributed by atoms with E-state index in [2.05, 4.69) is 10.1 Å². The number of aliphatic hydroxyl groups excluding tert-OH is 1. The van der Waals surface area contributed by atoms with Crippen molar-refractivity contribution < 1.29 is 33.7 Å². The quantitative estimate of drug-likeness (QED) is 0.241. The summed E-state index contributed by atoms with van der Waals surface area (Å²) in [6, 6.07) is 16.4. The number of primary amides is 1. The largest absolute Gasteiger partial charge is 0.452 e. The molecule has 0 spiro atoms. The second-order valence-corrected chi connectivity index (χ2v) is 8.52. The predicted octanol–water partition coefficient (Wildman–Crippen LogP) is 1.48. The first-order valence-electron chi connectivity index (χ1n) is 10.1. The highest BCUT2D eigenvalue weighted by Crippen LogP contribution is 2.37. The lowest BCUT2D eigenvalue weighted by Crippen LogP contribution is -2.42. The first-order valence-corrected chi connectivity index (χ1v) is 11.3. The number of nitrogens with zero attached hydrogens (tertiary/aromatic N) is 3. The zero-order valence-corrected chi connectivity index (χ0v) is 19.6. The van der Waals surface area contributed by atoms with Crippen molar-refractivity contribution in [2.75, 3.05) is 0 Å². The van der Waals surface area contributed by atoms with Gasteiger partial charge in [-0.3, -0.25) is 4.79 Å². The summed E-state index contributed by atoms with van der Waals surface area (Å²) in [6.07, 6.45) is -3.54. The average Bonchev–Trinajstić information content (AvgIpc) is 3.46. The summed E-state index contributed by atoms with van der Waals surface area (Å²) in [6.45, 7) is 0. The van der Waals surface area contributed by atoms with Crippen LogP contribution in [0.1, 0.15) is 37.6 Å². The van der Waals surface area contributed by atoms with Gasteiger partial charge in [0, 0.05) is 0 Å². The fourth-order valence-electron chi connectivity index (χ4n) is 3.40. The van der Waals surface area contributed by atoms with Crippen LogP contribution in [0, 0.1) is 0 Å². The Morgan fingerprint density at radius 1 is 0.971 bits per heavy atom. The average molecular weight is 578 g/mol. The van der Waals surface area contributed by atoms with E-state index in [4.69, 9.17) is 19.9 Å². The molecule has 1 aliphatic heterocycles. The third-order valence-electron chi connectivity index (χ3n) is 4.99. The molecule has 0 bridgehead atoms. The maximum absolute atomic E-state index is 12.9.